The maximum Gasteiger partial charge on any atom is 0.299 e. The molecule has 0 unspecified atom stereocenters. The van der Waals surface area contributed by atoms with Crippen molar-refractivity contribution in [3.05, 3.63) is 62.2 Å². The Labute approximate surface area is 134 Å². The average molecular weight is 398 g/mol. The van der Waals surface area contributed by atoms with E-state index in [9.17, 15) is 9.59 Å². The summed E-state index contributed by atoms with van der Waals surface area (Å²) in [7, 11) is 0. The molecule has 1 heterocycles. The minimum Gasteiger partial charge on any atom is -0.300 e. The number of carbonyl (C=O) groups excluding carboxylic acids is 2. The van der Waals surface area contributed by atoms with Gasteiger partial charge in [0.2, 0.25) is 0 Å². The molecule has 0 spiro atoms. The van der Waals surface area contributed by atoms with E-state index in [2.05, 4.69) is 22.6 Å². The number of rotatable bonds is 2. The van der Waals surface area contributed by atoms with E-state index in [-0.39, 0.29) is 0 Å². The SMILES string of the molecule is O=C1C(=O)N(Cc2cccc(Cl)c2)c2ccc(I)cc21. The molecule has 2 aromatic carbocycles. The quantitative estimate of drug-likeness (QED) is 0.573. The molecule has 1 aliphatic rings. The van der Waals surface area contributed by atoms with Gasteiger partial charge in [-0.2, -0.15) is 0 Å². The number of nitrogens with zero attached hydrogens (tertiary/aromatic N) is 1. The average Bonchev–Trinajstić information content (AvgIpc) is 2.64. The zero-order valence-corrected chi connectivity index (χ0v) is 13.2. The highest BCUT2D eigenvalue weighted by Crippen LogP contribution is 2.31. The van der Waals surface area contributed by atoms with E-state index >= 15 is 0 Å². The number of hydrogen-bond donors (Lipinski definition) is 0. The van der Waals surface area contributed by atoms with Gasteiger partial charge in [-0.1, -0.05) is 23.7 Å². The number of halogens is 2. The molecule has 1 aliphatic heterocycles. The molecule has 0 saturated carbocycles. The van der Waals surface area contributed by atoms with Gasteiger partial charge in [0.15, 0.2) is 0 Å². The molecule has 0 aromatic heterocycles. The van der Waals surface area contributed by atoms with Crippen LogP contribution in [-0.2, 0) is 11.3 Å². The number of ketones is 1. The van der Waals surface area contributed by atoms with Crippen LogP contribution in [0.3, 0.4) is 0 Å². The Bertz CT molecular complexity index is 730. The van der Waals surface area contributed by atoms with Crippen molar-refractivity contribution in [1.29, 1.82) is 0 Å². The molecular weight excluding hydrogens is 389 g/mol. The largest absolute Gasteiger partial charge is 0.300 e. The number of Topliss-reactive ketones (excluding diaryl/α,β-unsaturated/α-hetero) is 1. The van der Waals surface area contributed by atoms with Crippen molar-refractivity contribution in [2.24, 2.45) is 0 Å². The van der Waals surface area contributed by atoms with Crippen LogP contribution in [0.15, 0.2) is 42.5 Å². The molecule has 20 heavy (non-hydrogen) atoms. The fraction of sp³-hybridized carbons (Fsp3) is 0.0667. The summed E-state index contributed by atoms with van der Waals surface area (Å²) in [5.41, 5.74) is 2.04. The molecule has 0 saturated heterocycles. The summed E-state index contributed by atoms with van der Waals surface area (Å²) in [6, 6.07) is 12.7. The summed E-state index contributed by atoms with van der Waals surface area (Å²) in [5.74, 6) is -0.928. The lowest BCUT2D eigenvalue weighted by Crippen LogP contribution is -2.29. The van der Waals surface area contributed by atoms with Gasteiger partial charge in [-0.25, -0.2) is 0 Å². The molecule has 100 valence electrons. The third-order valence-electron chi connectivity index (χ3n) is 3.16. The Hall–Kier alpha value is -1.40. The molecule has 1 amide bonds. The Balaban J connectivity index is 1.99. The molecule has 0 aliphatic carbocycles. The summed E-state index contributed by atoms with van der Waals surface area (Å²) in [6.45, 7) is 0.346. The van der Waals surface area contributed by atoms with Crippen LogP contribution in [0, 0.1) is 3.57 Å². The van der Waals surface area contributed by atoms with Crippen LogP contribution in [0.2, 0.25) is 5.02 Å². The zero-order valence-electron chi connectivity index (χ0n) is 10.3. The van der Waals surface area contributed by atoms with E-state index in [1.54, 1.807) is 18.2 Å². The van der Waals surface area contributed by atoms with Crippen LogP contribution >= 0.6 is 34.2 Å². The summed E-state index contributed by atoms with van der Waals surface area (Å²) in [4.78, 5) is 25.6. The third-order valence-corrected chi connectivity index (χ3v) is 4.07. The van der Waals surface area contributed by atoms with Crippen LogP contribution in [-0.4, -0.2) is 11.7 Å². The van der Waals surface area contributed by atoms with Crippen molar-refractivity contribution < 1.29 is 9.59 Å². The minimum atomic E-state index is -0.484. The van der Waals surface area contributed by atoms with Gasteiger partial charge in [-0.3, -0.25) is 9.59 Å². The first kappa shape index (κ1) is 13.6. The van der Waals surface area contributed by atoms with Crippen LogP contribution in [0.25, 0.3) is 0 Å². The third kappa shape index (κ3) is 2.33. The second-order valence-corrected chi connectivity index (χ2v) is 6.19. The fourth-order valence-corrected chi connectivity index (χ4v) is 2.95. The van der Waals surface area contributed by atoms with Gasteiger partial charge in [-0.05, 0) is 58.5 Å². The van der Waals surface area contributed by atoms with Crippen molar-refractivity contribution in [3.8, 4) is 0 Å². The first-order valence-electron chi connectivity index (χ1n) is 5.96. The first-order chi connectivity index (χ1) is 9.56. The second-order valence-electron chi connectivity index (χ2n) is 4.51. The highest BCUT2D eigenvalue weighted by atomic mass is 127. The molecule has 5 heteroatoms. The topological polar surface area (TPSA) is 37.4 Å². The van der Waals surface area contributed by atoms with Crippen LogP contribution in [0.5, 0.6) is 0 Å². The maximum absolute atomic E-state index is 12.1. The summed E-state index contributed by atoms with van der Waals surface area (Å²) >= 11 is 8.07. The highest BCUT2D eigenvalue weighted by Gasteiger charge is 2.35. The van der Waals surface area contributed by atoms with E-state index in [1.807, 2.05) is 24.3 Å². The zero-order chi connectivity index (χ0) is 14.3. The molecule has 0 fully saturated rings. The van der Waals surface area contributed by atoms with Gasteiger partial charge in [-0.15, -0.1) is 0 Å². The Kier molecular flexibility index (Phi) is 3.52. The molecule has 0 bridgehead atoms. The van der Waals surface area contributed by atoms with Gasteiger partial charge in [0.25, 0.3) is 11.7 Å². The molecule has 0 N–H and O–H groups in total. The van der Waals surface area contributed by atoms with Crippen LogP contribution in [0.1, 0.15) is 15.9 Å². The number of carbonyl (C=O) groups is 2. The van der Waals surface area contributed by atoms with E-state index in [0.29, 0.717) is 22.8 Å². The summed E-state index contributed by atoms with van der Waals surface area (Å²) < 4.78 is 0.937. The van der Waals surface area contributed by atoms with E-state index < -0.39 is 11.7 Å². The highest BCUT2D eigenvalue weighted by molar-refractivity contribution is 14.1. The molecule has 3 rings (SSSR count). The minimum absolute atomic E-state index is 0.346. The van der Waals surface area contributed by atoms with Gasteiger partial charge in [0.05, 0.1) is 17.8 Å². The van der Waals surface area contributed by atoms with Gasteiger partial charge >= 0.3 is 0 Å². The summed E-state index contributed by atoms with van der Waals surface area (Å²) in [5, 5.41) is 0.614. The number of anilines is 1. The Morgan fingerprint density at radius 2 is 1.90 bits per heavy atom. The number of benzene rings is 2. The van der Waals surface area contributed by atoms with Gasteiger partial charge in [0, 0.05) is 8.59 Å². The lowest BCUT2D eigenvalue weighted by molar-refractivity contribution is -0.114. The van der Waals surface area contributed by atoms with Crippen molar-refractivity contribution in [2.75, 3.05) is 4.90 Å². The van der Waals surface area contributed by atoms with Gasteiger partial charge < -0.3 is 4.90 Å². The molecule has 0 atom stereocenters. The van der Waals surface area contributed by atoms with E-state index in [1.165, 1.54) is 4.90 Å². The fourth-order valence-electron chi connectivity index (χ4n) is 2.25. The molecular formula is C15H9ClINO2. The lowest BCUT2D eigenvalue weighted by atomic mass is 10.1. The van der Waals surface area contributed by atoms with Crippen molar-refractivity contribution in [1.82, 2.24) is 0 Å². The van der Waals surface area contributed by atoms with E-state index in [0.717, 1.165) is 9.13 Å². The normalized spacial score (nSPS) is 13.8. The number of fused-ring (bicyclic) bond motifs is 1. The number of hydrogen-bond acceptors (Lipinski definition) is 2. The van der Waals surface area contributed by atoms with Crippen molar-refractivity contribution in [3.63, 3.8) is 0 Å². The molecule has 3 nitrogen and oxygen atoms in total. The van der Waals surface area contributed by atoms with Crippen LogP contribution < -0.4 is 4.90 Å². The molecule has 2 aromatic rings. The standard InChI is InChI=1S/C15H9ClINO2/c16-10-3-1-2-9(6-10)8-18-13-5-4-11(17)7-12(13)14(19)15(18)20/h1-7H,8H2. The monoisotopic (exact) mass is 397 g/mol. The maximum atomic E-state index is 12.1. The smallest absolute Gasteiger partial charge is 0.299 e. The van der Waals surface area contributed by atoms with Crippen LogP contribution in [0.4, 0.5) is 5.69 Å². The predicted octanol–water partition coefficient (Wildman–Crippen LogP) is 3.67. The number of amides is 1. The van der Waals surface area contributed by atoms with Crippen molar-refractivity contribution in [2.45, 2.75) is 6.54 Å². The summed E-state index contributed by atoms with van der Waals surface area (Å²) in [6.07, 6.45) is 0. The Morgan fingerprint density at radius 3 is 2.65 bits per heavy atom. The van der Waals surface area contributed by atoms with E-state index in [4.69, 9.17) is 11.6 Å². The van der Waals surface area contributed by atoms with Gasteiger partial charge in [0.1, 0.15) is 0 Å². The second kappa shape index (κ2) is 5.18. The first-order valence-corrected chi connectivity index (χ1v) is 7.42. The van der Waals surface area contributed by atoms with Crippen molar-refractivity contribution >= 4 is 51.6 Å². The predicted molar refractivity (Wildman–Crippen MR) is 86.1 cm³/mol. The Morgan fingerprint density at radius 1 is 1.10 bits per heavy atom. The lowest BCUT2D eigenvalue weighted by Gasteiger charge is -2.16. The molecule has 0 radical (unpaired) electrons.